The average molecular weight is 260 g/mol. The van der Waals surface area contributed by atoms with E-state index in [2.05, 4.69) is 51.6 Å². The van der Waals surface area contributed by atoms with Crippen LogP contribution in [0.25, 0.3) is 0 Å². The molecule has 0 bridgehead atoms. The molecule has 3 unspecified atom stereocenters. The second-order valence-corrected chi connectivity index (χ2v) is 6.85. The maximum Gasteiger partial charge on any atom is 0.0193 e. The van der Waals surface area contributed by atoms with E-state index in [1.165, 1.54) is 34.3 Å². The molecular weight excluding hydrogens is 245 g/mol. The standard InChI is InChI=1S/C10H15P3S/c11-8-4-10(13)9(12)3-6(8)5-14-7-1-2-7/h3-4,7H,1-2,5,11-13H2. The molecule has 0 N–H and O–H groups in total. The number of hydrogen-bond acceptors (Lipinski definition) is 1. The van der Waals surface area contributed by atoms with Crippen LogP contribution in [0.5, 0.6) is 0 Å². The van der Waals surface area contributed by atoms with Gasteiger partial charge >= 0.3 is 0 Å². The Hall–Kier alpha value is 0.860. The first kappa shape index (κ1) is 11.3. The lowest BCUT2D eigenvalue weighted by Crippen LogP contribution is -2.18. The summed E-state index contributed by atoms with van der Waals surface area (Å²) in [6.45, 7) is 0. The molecule has 0 aliphatic heterocycles. The van der Waals surface area contributed by atoms with Gasteiger partial charge in [0.05, 0.1) is 0 Å². The third-order valence-electron chi connectivity index (χ3n) is 2.34. The second kappa shape index (κ2) is 4.80. The quantitative estimate of drug-likeness (QED) is 0.744. The molecule has 2 rings (SSSR count). The Kier molecular flexibility index (Phi) is 3.89. The Labute approximate surface area is 97.0 Å². The summed E-state index contributed by atoms with van der Waals surface area (Å²) < 4.78 is 0. The molecule has 4 heteroatoms. The van der Waals surface area contributed by atoms with Gasteiger partial charge in [-0.15, -0.1) is 27.7 Å². The number of benzene rings is 1. The predicted octanol–water partition coefficient (Wildman–Crippen LogP) is 1.58. The highest BCUT2D eigenvalue weighted by Crippen LogP contribution is 2.35. The fraction of sp³-hybridized carbons (Fsp3) is 0.400. The van der Waals surface area contributed by atoms with E-state index in [1.807, 2.05) is 0 Å². The fourth-order valence-electron chi connectivity index (χ4n) is 1.27. The van der Waals surface area contributed by atoms with Crippen LogP contribution < -0.4 is 15.9 Å². The lowest BCUT2D eigenvalue weighted by atomic mass is 10.2. The summed E-state index contributed by atoms with van der Waals surface area (Å²) in [7, 11) is 8.40. The monoisotopic (exact) mass is 260 g/mol. The Bertz CT molecular complexity index is 347. The van der Waals surface area contributed by atoms with Crippen LogP contribution in [0.15, 0.2) is 12.1 Å². The molecule has 1 aromatic rings. The van der Waals surface area contributed by atoms with Gasteiger partial charge in [-0.25, -0.2) is 0 Å². The van der Waals surface area contributed by atoms with Crippen molar-refractivity contribution in [2.24, 2.45) is 0 Å². The minimum atomic E-state index is 0.947. The van der Waals surface area contributed by atoms with E-state index in [9.17, 15) is 0 Å². The molecule has 1 saturated carbocycles. The van der Waals surface area contributed by atoms with Crippen molar-refractivity contribution in [3.63, 3.8) is 0 Å². The Balaban J connectivity index is 2.10. The molecule has 3 atom stereocenters. The highest BCUT2D eigenvalue weighted by molar-refractivity contribution is 7.99. The van der Waals surface area contributed by atoms with Crippen LogP contribution in [0.3, 0.4) is 0 Å². The van der Waals surface area contributed by atoms with Crippen molar-refractivity contribution in [2.75, 3.05) is 0 Å². The van der Waals surface area contributed by atoms with Gasteiger partial charge in [0.1, 0.15) is 0 Å². The Morgan fingerprint density at radius 1 is 1.07 bits per heavy atom. The summed E-state index contributed by atoms with van der Waals surface area (Å²) in [6.07, 6.45) is 2.85. The van der Waals surface area contributed by atoms with Crippen molar-refractivity contribution < 1.29 is 0 Å². The highest BCUT2D eigenvalue weighted by atomic mass is 32.2. The van der Waals surface area contributed by atoms with Crippen molar-refractivity contribution in [1.82, 2.24) is 0 Å². The highest BCUT2D eigenvalue weighted by Gasteiger charge is 2.21. The summed E-state index contributed by atoms with van der Waals surface area (Å²) in [5.74, 6) is 1.16. The summed E-state index contributed by atoms with van der Waals surface area (Å²) in [6, 6.07) is 4.51. The lowest BCUT2D eigenvalue weighted by Gasteiger charge is -2.08. The third kappa shape index (κ3) is 2.93. The molecule has 1 fully saturated rings. The van der Waals surface area contributed by atoms with E-state index in [1.54, 1.807) is 0 Å². The van der Waals surface area contributed by atoms with Gasteiger partial charge in [-0.05, 0) is 46.5 Å². The van der Waals surface area contributed by atoms with Crippen LogP contribution in [-0.4, -0.2) is 5.25 Å². The van der Waals surface area contributed by atoms with E-state index in [0.29, 0.717) is 0 Å². The topological polar surface area (TPSA) is 0 Å². The minimum Gasteiger partial charge on any atom is -0.154 e. The molecule has 0 saturated heterocycles. The zero-order valence-corrected chi connectivity index (χ0v) is 12.3. The molecular formula is C10H15P3S. The second-order valence-electron chi connectivity index (χ2n) is 3.69. The molecule has 0 radical (unpaired) electrons. The maximum absolute atomic E-state index is 2.83. The molecule has 0 nitrogen and oxygen atoms in total. The van der Waals surface area contributed by atoms with Gasteiger partial charge in [-0.1, -0.05) is 0 Å². The zero-order valence-electron chi connectivity index (χ0n) is 7.99. The third-order valence-corrected chi connectivity index (χ3v) is 5.64. The van der Waals surface area contributed by atoms with E-state index >= 15 is 0 Å². The van der Waals surface area contributed by atoms with Crippen molar-refractivity contribution >= 4 is 55.4 Å². The van der Waals surface area contributed by atoms with Crippen molar-refractivity contribution in [1.29, 1.82) is 0 Å². The minimum absolute atomic E-state index is 0.947. The van der Waals surface area contributed by atoms with Crippen LogP contribution in [-0.2, 0) is 5.75 Å². The van der Waals surface area contributed by atoms with Crippen LogP contribution in [0.1, 0.15) is 18.4 Å². The van der Waals surface area contributed by atoms with Crippen molar-refractivity contribution in [3.05, 3.63) is 17.7 Å². The zero-order chi connectivity index (χ0) is 10.1. The summed E-state index contributed by atoms with van der Waals surface area (Å²) in [5, 5.41) is 4.87. The molecule has 0 heterocycles. The largest absolute Gasteiger partial charge is 0.154 e. The van der Waals surface area contributed by atoms with Crippen LogP contribution >= 0.6 is 39.5 Å². The van der Waals surface area contributed by atoms with Gasteiger partial charge in [0.15, 0.2) is 0 Å². The van der Waals surface area contributed by atoms with E-state index in [0.717, 1.165) is 11.0 Å². The first-order valence-electron chi connectivity index (χ1n) is 4.72. The summed E-state index contributed by atoms with van der Waals surface area (Å²) in [4.78, 5) is 0. The number of thioether (sulfide) groups is 1. The normalized spacial score (nSPS) is 15.9. The maximum atomic E-state index is 2.83. The summed E-state index contributed by atoms with van der Waals surface area (Å²) >= 11 is 2.09. The molecule has 1 aliphatic rings. The lowest BCUT2D eigenvalue weighted by molar-refractivity contribution is 1.42. The first-order chi connectivity index (χ1) is 6.66. The van der Waals surface area contributed by atoms with Gasteiger partial charge < -0.3 is 0 Å². The van der Waals surface area contributed by atoms with Gasteiger partial charge in [-0.2, -0.15) is 11.8 Å². The smallest absolute Gasteiger partial charge is 0.0193 e. The van der Waals surface area contributed by atoms with Crippen LogP contribution in [0, 0.1) is 0 Å². The van der Waals surface area contributed by atoms with Gasteiger partial charge in [0, 0.05) is 11.0 Å². The van der Waals surface area contributed by atoms with E-state index in [-0.39, 0.29) is 0 Å². The number of rotatable bonds is 3. The van der Waals surface area contributed by atoms with Gasteiger partial charge in [0.25, 0.3) is 0 Å². The molecule has 76 valence electrons. The Morgan fingerprint density at radius 2 is 1.71 bits per heavy atom. The molecule has 0 aromatic heterocycles. The fourth-order valence-corrected chi connectivity index (χ4v) is 3.65. The molecule has 1 aliphatic carbocycles. The predicted molar refractivity (Wildman–Crippen MR) is 78.8 cm³/mol. The number of hydrogen-bond donors (Lipinski definition) is 0. The van der Waals surface area contributed by atoms with E-state index < -0.39 is 0 Å². The van der Waals surface area contributed by atoms with Crippen molar-refractivity contribution in [3.8, 4) is 0 Å². The van der Waals surface area contributed by atoms with E-state index in [4.69, 9.17) is 0 Å². The van der Waals surface area contributed by atoms with Crippen molar-refractivity contribution in [2.45, 2.75) is 23.8 Å². The first-order valence-corrected chi connectivity index (χ1v) is 7.50. The molecule has 0 spiro atoms. The average Bonchev–Trinajstić information content (AvgIpc) is 2.92. The van der Waals surface area contributed by atoms with Crippen LogP contribution in [0.2, 0.25) is 0 Å². The molecule has 1 aromatic carbocycles. The molecule has 14 heavy (non-hydrogen) atoms. The van der Waals surface area contributed by atoms with Crippen LogP contribution in [0.4, 0.5) is 0 Å². The SMILES string of the molecule is Pc1cc(P)c(CSC2CC2)cc1P. The van der Waals surface area contributed by atoms with Gasteiger partial charge in [0.2, 0.25) is 0 Å². The van der Waals surface area contributed by atoms with Gasteiger partial charge in [-0.3, -0.25) is 0 Å². The summed E-state index contributed by atoms with van der Waals surface area (Å²) in [5.41, 5.74) is 1.46. The molecule has 0 amide bonds. The Morgan fingerprint density at radius 3 is 2.36 bits per heavy atom.